The van der Waals surface area contributed by atoms with Gasteiger partial charge in [0.1, 0.15) is 6.04 Å². The normalized spacial score (nSPS) is 19.1. The van der Waals surface area contributed by atoms with Crippen LogP contribution >= 0.6 is 0 Å². The number of carbonyl (C=O) groups excluding carboxylic acids is 1. The van der Waals surface area contributed by atoms with E-state index in [0.29, 0.717) is 12.3 Å². The smallest absolute Gasteiger partial charge is 0.223 e. The van der Waals surface area contributed by atoms with Crippen LogP contribution in [0.4, 0.5) is 0 Å². The molecule has 3 heteroatoms. The van der Waals surface area contributed by atoms with Gasteiger partial charge in [-0.3, -0.25) is 4.79 Å². The van der Waals surface area contributed by atoms with Crippen LogP contribution in [0.5, 0.6) is 0 Å². The number of likely N-dealkylation sites (tertiary alicyclic amines) is 1. The molecule has 0 aromatic carbocycles. The van der Waals surface area contributed by atoms with E-state index in [1.165, 1.54) is 0 Å². The van der Waals surface area contributed by atoms with Crippen LogP contribution < -0.4 is 0 Å². The summed E-state index contributed by atoms with van der Waals surface area (Å²) in [6, 6.07) is 2.11. The van der Waals surface area contributed by atoms with Crippen LogP contribution in [0, 0.1) is 17.2 Å². The van der Waals surface area contributed by atoms with E-state index in [4.69, 9.17) is 0 Å². The Hall–Kier alpha value is -1.04. The maximum absolute atomic E-state index is 11.7. The van der Waals surface area contributed by atoms with E-state index in [1.807, 2.05) is 0 Å². The van der Waals surface area contributed by atoms with Gasteiger partial charge in [-0.05, 0) is 18.8 Å². The van der Waals surface area contributed by atoms with E-state index in [9.17, 15) is 10.1 Å². The van der Waals surface area contributed by atoms with Crippen molar-refractivity contribution in [3.8, 4) is 6.07 Å². The molecular formula is C12H20N2O. The van der Waals surface area contributed by atoms with E-state index < -0.39 is 0 Å². The van der Waals surface area contributed by atoms with E-state index in [1.54, 1.807) is 4.90 Å². The number of hydrogen-bond donors (Lipinski definition) is 0. The summed E-state index contributed by atoms with van der Waals surface area (Å²) in [5, 5.41) is 9.18. The molecule has 1 fully saturated rings. The Morgan fingerprint density at radius 1 is 1.40 bits per heavy atom. The van der Waals surface area contributed by atoms with Crippen molar-refractivity contribution < 1.29 is 4.79 Å². The maximum atomic E-state index is 11.7. The summed E-state index contributed by atoms with van der Waals surface area (Å²) in [6.07, 6.45) is 4.59. The molecule has 3 nitrogen and oxygen atoms in total. The average molecular weight is 208 g/mol. The van der Waals surface area contributed by atoms with Crippen molar-refractivity contribution in [3.63, 3.8) is 0 Å². The molecule has 0 bridgehead atoms. The van der Waals surface area contributed by atoms with Crippen LogP contribution in [-0.4, -0.2) is 23.4 Å². The Morgan fingerprint density at radius 3 is 2.53 bits per heavy atom. The lowest BCUT2D eigenvalue weighted by molar-refractivity contribution is -0.135. The lowest BCUT2D eigenvalue weighted by Gasteiger charge is -2.34. The number of carbonyl (C=O) groups is 1. The van der Waals surface area contributed by atoms with Crippen LogP contribution in [-0.2, 0) is 4.79 Å². The number of nitrogens with zero attached hydrogens (tertiary/aromatic N) is 2. The molecule has 15 heavy (non-hydrogen) atoms. The molecule has 1 heterocycles. The fraction of sp³-hybridized carbons (Fsp3) is 0.833. The summed E-state index contributed by atoms with van der Waals surface area (Å²) < 4.78 is 0. The fourth-order valence-corrected chi connectivity index (χ4v) is 2.29. The lowest BCUT2D eigenvalue weighted by atomic mass is 9.92. The molecule has 1 amide bonds. The highest BCUT2D eigenvalue weighted by molar-refractivity contribution is 5.77. The molecular weight excluding hydrogens is 188 g/mol. The van der Waals surface area contributed by atoms with Crippen LogP contribution in [0.1, 0.15) is 46.0 Å². The van der Waals surface area contributed by atoms with E-state index in [0.717, 1.165) is 32.2 Å². The Labute approximate surface area is 92.1 Å². The van der Waals surface area contributed by atoms with Crippen molar-refractivity contribution in [2.45, 2.75) is 52.0 Å². The molecule has 0 aromatic rings. The van der Waals surface area contributed by atoms with Gasteiger partial charge in [0.25, 0.3) is 0 Å². The third kappa shape index (κ3) is 2.71. The maximum Gasteiger partial charge on any atom is 0.223 e. The predicted molar refractivity (Wildman–Crippen MR) is 59.0 cm³/mol. The largest absolute Gasteiger partial charge is 0.326 e. The molecule has 84 valence electrons. The van der Waals surface area contributed by atoms with E-state index in [-0.39, 0.29) is 11.9 Å². The molecule has 1 aliphatic heterocycles. The number of rotatable bonds is 4. The van der Waals surface area contributed by atoms with Crippen molar-refractivity contribution in [1.29, 1.82) is 5.26 Å². The second-order valence-corrected chi connectivity index (χ2v) is 4.19. The van der Waals surface area contributed by atoms with Gasteiger partial charge >= 0.3 is 0 Å². The van der Waals surface area contributed by atoms with Crippen LogP contribution in [0.2, 0.25) is 0 Å². The first-order chi connectivity index (χ1) is 7.24. The zero-order valence-corrected chi connectivity index (χ0v) is 9.70. The van der Waals surface area contributed by atoms with Gasteiger partial charge in [0.05, 0.1) is 6.07 Å². The second kappa shape index (κ2) is 5.75. The minimum absolute atomic E-state index is 0.166. The van der Waals surface area contributed by atoms with Gasteiger partial charge in [0.2, 0.25) is 5.91 Å². The summed E-state index contributed by atoms with van der Waals surface area (Å²) in [5.41, 5.74) is 0. The Bertz CT molecular complexity index is 253. The molecule has 0 aliphatic carbocycles. The average Bonchev–Trinajstić information content (AvgIpc) is 2.27. The molecule has 0 aromatic heterocycles. The van der Waals surface area contributed by atoms with Crippen molar-refractivity contribution in [1.82, 2.24) is 4.90 Å². The molecule has 0 spiro atoms. The monoisotopic (exact) mass is 208 g/mol. The van der Waals surface area contributed by atoms with Gasteiger partial charge < -0.3 is 4.90 Å². The first-order valence-electron chi connectivity index (χ1n) is 5.93. The van der Waals surface area contributed by atoms with Gasteiger partial charge in [-0.25, -0.2) is 0 Å². The molecule has 1 atom stereocenters. The van der Waals surface area contributed by atoms with Gasteiger partial charge in [-0.15, -0.1) is 0 Å². The highest BCUT2D eigenvalue weighted by Gasteiger charge is 2.30. The van der Waals surface area contributed by atoms with Crippen LogP contribution in [0.25, 0.3) is 0 Å². The Morgan fingerprint density at radius 2 is 2.07 bits per heavy atom. The van der Waals surface area contributed by atoms with Crippen molar-refractivity contribution >= 4 is 5.91 Å². The minimum Gasteiger partial charge on any atom is -0.326 e. The summed E-state index contributed by atoms with van der Waals surface area (Å²) >= 11 is 0. The van der Waals surface area contributed by atoms with Crippen molar-refractivity contribution in [2.75, 3.05) is 6.54 Å². The molecule has 1 rings (SSSR count). The van der Waals surface area contributed by atoms with Crippen LogP contribution in [0.15, 0.2) is 0 Å². The number of amides is 1. The fourth-order valence-electron chi connectivity index (χ4n) is 2.29. The third-order valence-electron chi connectivity index (χ3n) is 3.32. The van der Waals surface area contributed by atoms with Gasteiger partial charge in [-0.1, -0.05) is 26.7 Å². The molecule has 1 unspecified atom stereocenters. The van der Waals surface area contributed by atoms with Gasteiger partial charge in [0, 0.05) is 13.0 Å². The number of piperidine rings is 1. The predicted octanol–water partition coefficient (Wildman–Crippen LogP) is 2.33. The summed E-state index contributed by atoms with van der Waals surface area (Å²) in [6.45, 7) is 4.95. The molecule has 0 N–H and O–H groups in total. The zero-order chi connectivity index (χ0) is 11.3. The topological polar surface area (TPSA) is 44.1 Å². The first-order valence-corrected chi connectivity index (χ1v) is 5.93. The second-order valence-electron chi connectivity index (χ2n) is 4.19. The summed E-state index contributed by atoms with van der Waals surface area (Å²) in [7, 11) is 0. The Balaban J connectivity index is 2.72. The molecule has 0 saturated carbocycles. The van der Waals surface area contributed by atoms with Gasteiger partial charge in [0.15, 0.2) is 0 Å². The quantitative estimate of drug-likeness (QED) is 0.711. The molecule has 0 radical (unpaired) electrons. The standard InChI is InChI=1S/C12H20N2O/c1-3-10(4-2)11(9-13)14-8-6-5-7-12(14)15/h10-11H,3-8H2,1-2H3. The highest BCUT2D eigenvalue weighted by atomic mass is 16.2. The van der Waals surface area contributed by atoms with Gasteiger partial charge in [-0.2, -0.15) is 5.26 Å². The van der Waals surface area contributed by atoms with E-state index in [2.05, 4.69) is 19.9 Å². The Kier molecular flexibility index (Phi) is 4.61. The zero-order valence-electron chi connectivity index (χ0n) is 9.70. The van der Waals surface area contributed by atoms with Crippen molar-refractivity contribution in [2.24, 2.45) is 5.92 Å². The molecule has 1 aliphatic rings. The first kappa shape index (κ1) is 12.0. The SMILES string of the molecule is CCC(CC)C(C#N)N1CCCCC1=O. The van der Waals surface area contributed by atoms with Crippen molar-refractivity contribution in [3.05, 3.63) is 0 Å². The number of hydrogen-bond acceptors (Lipinski definition) is 2. The lowest BCUT2D eigenvalue weighted by Crippen LogP contribution is -2.46. The molecule has 1 saturated heterocycles. The van der Waals surface area contributed by atoms with Crippen LogP contribution in [0.3, 0.4) is 0 Å². The summed E-state index contributed by atoms with van der Waals surface area (Å²) in [4.78, 5) is 13.5. The minimum atomic E-state index is -0.201. The number of nitriles is 1. The van der Waals surface area contributed by atoms with E-state index >= 15 is 0 Å². The summed E-state index contributed by atoms with van der Waals surface area (Å²) in [5.74, 6) is 0.497. The highest BCUT2D eigenvalue weighted by Crippen LogP contribution is 2.22. The third-order valence-corrected chi connectivity index (χ3v) is 3.32.